The van der Waals surface area contributed by atoms with Crippen molar-refractivity contribution in [3.63, 3.8) is 0 Å². The molecule has 2 aromatic carbocycles. The Morgan fingerprint density at radius 1 is 1.06 bits per heavy atom. The smallest absolute Gasteiger partial charge is 0.251 e. The summed E-state index contributed by atoms with van der Waals surface area (Å²) in [6.07, 6.45) is 5.37. The molecule has 1 unspecified atom stereocenters. The molecular formula is C25H26N4O2S. The number of carbonyl (C=O) groups excluding carboxylic acids is 1. The predicted molar refractivity (Wildman–Crippen MR) is 130 cm³/mol. The molecule has 7 heteroatoms. The molecule has 0 radical (unpaired) electrons. The van der Waals surface area contributed by atoms with Crippen LogP contribution in [0.2, 0.25) is 0 Å². The molecule has 5 rings (SSSR count). The van der Waals surface area contributed by atoms with Crippen LogP contribution >= 0.6 is 0 Å². The van der Waals surface area contributed by atoms with Crippen LogP contribution in [0.5, 0.6) is 0 Å². The van der Waals surface area contributed by atoms with Crippen molar-refractivity contribution in [3.05, 3.63) is 65.9 Å². The molecule has 32 heavy (non-hydrogen) atoms. The normalized spacial score (nSPS) is 18.8. The second-order valence-electron chi connectivity index (χ2n) is 8.44. The number of rotatable bonds is 4. The van der Waals surface area contributed by atoms with Crippen molar-refractivity contribution in [2.75, 3.05) is 36.5 Å². The zero-order valence-corrected chi connectivity index (χ0v) is 18.8. The summed E-state index contributed by atoms with van der Waals surface area (Å²) in [5.41, 5.74) is 13.0. The highest BCUT2D eigenvalue weighted by molar-refractivity contribution is 7.84. The molecule has 3 N–H and O–H groups in total. The van der Waals surface area contributed by atoms with E-state index in [9.17, 15) is 9.00 Å². The lowest BCUT2D eigenvalue weighted by molar-refractivity contribution is 0.0946. The van der Waals surface area contributed by atoms with Gasteiger partial charge in [-0.15, -0.1) is 0 Å². The molecule has 3 aromatic rings. The summed E-state index contributed by atoms with van der Waals surface area (Å²) in [6, 6.07) is 16.3. The third kappa shape index (κ3) is 3.88. The fraction of sp³-hybridized carbons (Fsp3) is 0.280. The lowest BCUT2D eigenvalue weighted by atomic mass is 9.94. The SMILES string of the molecule is CS(=O)[C@@H]1CCN(c2ccc(-c3cnc(N)c(-c4ccc5c(c4)CCNC5=O)c3)cc2)C1. The molecule has 1 aromatic heterocycles. The summed E-state index contributed by atoms with van der Waals surface area (Å²) in [4.78, 5) is 18.8. The molecule has 0 spiro atoms. The topological polar surface area (TPSA) is 88.3 Å². The minimum Gasteiger partial charge on any atom is -0.383 e. The van der Waals surface area contributed by atoms with Gasteiger partial charge < -0.3 is 16.0 Å². The van der Waals surface area contributed by atoms with Crippen LogP contribution in [0, 0.1) is 0 Å². The van der Waals surface area contributed by atoms with Gasteiger partial charge in [0.25, 0.3) is 5.91 Å². The van der Waals surface area contributed by atoms with E-state index in [0.29, 0.717) is 12.4 Å². The van der Waals surface area contributed by atoms with Crippen molar-refractivity contribution >= 4 is 28.2 Å². The van der Waals surface area contributed by atoms with E-state index in [1.165, 1.54) is 0 Å². The average Bonchev–Trinajstić information content (AvgIpc) is 3.30. The average molecular weight is 447 g/mol. The minimum absolute atomic E-state index is 0.0211. The lowest BCUT2D eigenvalue weighted by Gasteiger charge is -2.19. The molecule has 0 aliphatic carbocycles. The largest absolute Gasteiger partial charge is 0.383 e. The van der Waals surface area contributed by atoms with E-state index in [1.54, 1.807) is 12.5 Å². The maximum atomic E-state index is 12.0. The van der Waals surface area contributed by atoms with Gasteiger partial charge in [0.15, 0.2) is 0 Å². The van der Waals surface area contributed by atoms with Crippen molar-refractivity contribution in [3.8, 4) is 22.3 Å². The molecule has 164 valence electrons. The summed E-state index contributed by atoms with van der Waals surface area (Å²) >= 11 is 0. The van der Waals surface area contributed by atoms with Gasteiger partial charge in [-0.25, -0.2) is 4.98 Å². The van der Waals surface area contributed by atoms with E-state index < -0.39 is 10.8 Å². The Labute approximate surface area is 190 Å². The number of aromatic nitrogens is 1. The fourth-order valence-corrected chi connectivity index (χ4v) is 5.39. The molecule has 0 bridgehead atoms. The number of nitrogens with zero attached hydrogens (tertiary/aromatic N) is 2. The number of hydrogen-bond donors (Lipinski definition) is 2. The quantitative estimate of drug-likeness (QED) is 0.642. The molecule has 2 aliphatic rings. The van der Waals surface area contributed by atoms with E-state index in [4.69, 9.17) is 5.73 Å². The Kier molecular flexibility index (Phi) is 5.43. The van der Waals surface area contributed by atoms with E-state index in [0.717, 1.165) is 65.0 Å². The van der Waals surface area contributed by atoms with Gasteiger partial charge in [0.05, 0.1) is 5.25 Å². The van der Waals surface area contributed by atoms with Crippen LogP contribution in [0.4, 0.5) is 11.5 Å². The number of nitrogen functional groups attached to an aromatic ring is 1. The summed E-state index contributed by atoms with van der Waals surface area (Å²) < 4.78 is 11.8. The fourth-order valence-electron chi connectivity index (χ4n) is 4.56. The summed E-state index contributed by atoms with van der Waals surface area (Å²) in [5, 5.41) is 3.13. The first-order valence-electron chi connectivity index (χ1n) is 10.8. The van der Waals surface area contributed by atoms with Gasteiger partial charge >= 0.3 is 0 Å². The Balaban J connectivity index is 1.42. The molecule has 1 saturated heterocycles. The van der Waals surface area contributed by atoms with Crippen molar-refractivity contribution in [2.24, 2.45) is 0 Å². The predicted octanol–water partition coefficient (Wildman–Crippen LogP) is 3.24. The first kappa shape index (κ1) is 20.7. The number of nitrogens with one attached hydrogen (secondary N) is 1. The molecule has 0 saturated carbocycles. The molecule has 2 atom stereocenters. The second-order valence-corrected chi connectivity index (χ2v) is 10.1. The number of anilines is 2. The maximum Gasteiger partial charge on any atom is 0.251 e. The number of carbonyl (C=O) groups is 1. The Hall–Kier alpha value is -3.19. The highest BCUT2D eigenvalue weighted by Gasteiger charge is 2.25. The highest BCUT2D eigenvalue weighted by atomic mass is 32.2. The van der Waals surface area contributed by atoms with Crippen molar-refractivity contribution in [2.45, 2.75) is 18.1 Å². The molecule has 3 heterocycles. The number of hydrogen-bond acceptors (Lipinski definition) is 5. The van der Waals surface area contributed by atoms with Crippen molar-refractivity contribution in [1.29, 1.82) is 0 Å². The van der Waals surface area contributed by atoms with Crippen LogP contribution in [-0.2, 0) is 17.2 Å². The maximum absolute atomic E-state index is 12.0. The van der Waals surface area contributed by atoms with Gasteiger partial charge in [-0.1, -0.05) is 24.3 Å². The van der Waals surface area contributed by atoms with Gasteiger partial charge in [0.1, 0.15) is 5.82 Å². The monoisotopic (exact) mass is 446 g/mol. The molecule has 2 aliphatic heterocycles. The van der Waals surface area contributed by atoms with Crippen LogP contribution < -0.4 is 16.0 Å². The molecule has 6 nitrogen and oxygen atoms in total. The Morgan fingerprint density at radius 2 is 1.84 bits per heavy atom. The van der Waals surface area contributed by atoms with Crippen LogP contribution in [0.25, 0.3) is 22.3 Å². The summed E-state index contributed by atoms with van der Waals surface area (Å²) in [6.45, 7) is 2.43. The van der Waals surface area contributed by atoms with Crippen LogP contribution in [0.3, 0.4) is 0 Å². The lowest BCUT2D eigenvalue weighted by Crippen LogP contribution is -2.31. The zero-order valence-electron chi connectivity index (χ0n) is 18.0. The molecular weight excluding hydrogens is 420 g/mol. The van der Waals surface area contributed by atoms with Crippen molar-refractivity contribution in [1.82, 2.24) is 10.3 Å². The minimum atomic E-state index is -0.780. The molecule has 1 fully saturated rings. The van der Waals surface area contributed by atoms with Gasteiger partial charge in [0.2, 0.25) is 0 Å². The number of fused-ring (bicyclic) bond motifs is 1. The number of amides is 1. The van der Waals surface area contributed by atoms with E-state index in [2.05, 4.69) is 51.6 Å². The van der Waals surface area contributed by atoms with Gasteiger partial charge in [-0.3, -0.25) is 9.00 Å². The van der Waals surface area contributed by atoms with E-state index >= 15 is 0 Å². The van der Waals surface area contributed by atoms with Crippen molar-refractivity contribution < 1.29 is 9.00 Å². The second kappa shape index (κ2) is 8.39. The van der Waals surface area contributed by atoms with E-state index in [-0.39, 0.29) is 11.2 Å². The molecule has 1 amide bonds. The third-order valence-corrected chi connectivity index (χ3v) is 7.76. The number of pyridine rings is 1. The summed E-state index contributed by atoms with van der Waals surface area (Å²) in [7, 11) is -0.780. The highest BCUT2D eigenvalue weighted by Crippen LogP contribution is 2.32. The van der Waals surface area contributed by atoms with Gasteiger partial charge in [0, 0.05) is 65.3 Å². The van der Waals surface area contributed by atoms with Gasteiger partial charge in [-0.2, -0.15) is 0 Å². The first-order chi connectivity index (χ1) is 15.5. The van der Waals surface area contributed by atoms with Crippen LogP contribution in [0.15, 0.2) is 54.7 Å². The van der Waals surface area contributed by atoms with Gasteiger partial charge in [-0.05, 0) is 53.8 Å². The summed E-state index contributed by atoms with van der Waals surface area (Å²) in [5.74, 6) is 0.452. The zero-order chi connectivity index (χ0) is 22.2. The van der Waals surface area contributed by atoms with Crippen LogP contribution in [0.1, 0.15) is 22.3 Å². The van der Waals surface area contributed by atoms with Crippen LogP contribution in [-0.4, -0.2) is 46.2 Å². The first-order valence-corrected chi connectivity index (χ1v) is 12.5. The number of benzene rings is 2. The Morgan fingerprint density at radius 3 is 2.59 bits per heavy atom. The standard InChI is InChI=1S/C25H26N4O2S/c1-32(31)21-9-11-29(15-21)20-5-2-16(3-6-20)19-13-23(24(26)28-14-19)17-4-7-22-18(12-17)8-10-27-25(22)30/h2-7,12-14,21H,8-11,15H2,1H3,(H2,26,28)(H,27,30)/t21-,32?/m1/s1. The van der Waals surface area contributed by atoms with E-state index in [1.807, 2.05) is 12.1 Å². The Bertz CT molecular complexity index is 1210. The third-order valence-electron chi connectivity index (χ3n) is 6.44. The number of nitrogens with two attached hydrogens (primary N) is 1.